The molecule has 0 aliphatic carbocycles. The number of hydrogen-bond donors (Lipinski definition) is 1. The molecule has 1 N–H and O–H groups in total. The van der Waals surface area contributed by atoms with Gasteiger partial charge < -0.3 is 9.88 Å². The Labute approximate surface area is 141 Å². The number of carbonyl (C=O) groups excluding carboxylic acids is 1. The van der Waals surface area contributed by atoms with Gasteiger partial charge in [-0.3, -0.25) is 9.59 Å². The van der Waals surface area contributed by atoms with Crippen LogP contribution in [0.25, 0.3) is 10.9 Å². The lowest BCUT2D eigenvalue weighted by Crippen LogP contribution is -2.31. The number of pyridine rings is 1. The highest BCUT2D eigenvalue weighted by molar-refractivity contribution is 7.08. The number of H-pyrrole nitrogens is 1. The number of likely N-dealkylation sites (tertiary alicyclic amines) is 1. The van der Waals surface area contributed by atoms with Gasteiger partial charge in [0.25, 0.3) is 5.91 Å². The molecule has 1 aromatic carbocycles. The second-order valence-corrected chi connectivity index (χ2v) is 6.73. The molecule has 1 amide bonds. The molecule has 0 bridgehead atoms. The van der Waals surface area contributed by atoms with Gasteiger partial charge in [0, 0.05) is 18.0 Å². The Kier molecular flexibility index (Phi) is 3.69. The molecule has 1 aliphatic rings. The summed E-state index contributed by atoms with van der Waals surface area (Å²) in [6.45, 7) is 0.662. The number of nitrogens with one attached hydrogen (secondary N) is 1. The van der Waals surface area contributed by atoms with Crippen LogP contribution in [0.15, 0.2) is 45.9 Å². The zero-order chi connectivity index (χ0) is 16.7. The molecule has 4 rings (SSSR count). The Hall–Kier alpha value is -2.47. The van der Waals surface area contributed by atoms with Crippen LogP contribution in [0, 0.1) is 5.82 Å². The molecule has 24 heavy (non-hydrogen) atoms. The molecule has 0 saturated carbocycles. The van der Waals surface area contributed by atoms with Crippen molar-refractivity contribution in [3.63, 3.8) is 0 Å². The molecule has 1 saturated heterocycles. The van der Waals surface area contributed by atoms with E-state index >= 15 is 0 Å². The van der Waals surface area contributed by atoms with Crippen molar-refractivity contribution in [1.29, 1.82) is 0 Å². The molecule has 4 nitrogen and oxygen atoms in total. The number of fused-ring (bicyclic) bond motifs is 1. The van der Waals surface area contributed by atoms with Crippen LogP contribution in [0.1, 0.15) is 34.8 Å². The zero-order valence-electron chi connectivity index (χ0n) is 12.8. The number of aromatic nitrogens is 1. The predicted octanol–water partition coefficient (Wildman–Crippen LogP) is 3.71. The molecule has 1 atom stereocenters. The zero-order valence-corrected chi connectivity index (χ0v) is 13.6. The van der Waals surface area contributed by atoms with E-state index in [4.69, 9.17) is 0 Å². The largest absolute Gasteiger partial charge is 0.332 e. The minimum atomic E-state index is -0.444. The lowest BCUT2D eigenvalue weighted by Gasteiger charge is -2.24. The number of nitrogens with zero attached hydrogens (tertiary/aromatic N) is 1. The molecular formula is C18H15FN2O2S. The van der Waals surface area contributed by atoms with E-state index in [0.29, 0.717) is 23.0 Å². The van der Waals surface area contributed by atoms with Crippen LogP contribution in [0.2, 0.25) is 0 Å². The maximum absolute atomic E-state index is 13.4. The minimum absolute atomic E-state index is 0.0403. The highest BCUT2D eigenvalue weighted by atomic mass is 32.1. The van der Waals surface area contributed by atoms with Crippen LogP contribution in [0.4, 0.5) is 4.39 Å². The van der Waals surface area contributed by atoms with Gasteiger partial charge >= 0.3 is 0 Å². The van der Waals surface area contributed by atoms with Crippen LogP contribution in [0.3, 0.4) is 0 Å². The van der Waals surface area contributed by atoms with Gasteiger partial charge in [-0.2, -0.15) is 11.3 Å². The molecule has 2 aromatic heterocycles. The van der Waals surface area contributed by atoms with Gasteiger partial charge in [0.15, 0.2) is 0 Å². The molecule has 3 aromatic rings. The van der Waals surface area contributed by atoms with Gasteiger partial charge in [-0.05, 0) is 53.4 Å². The van der Waals surface area contributed by atoms with Crippen molar-refractivity contribution in [3.05, 3.63) is 68.4 Å². The average molecular weight is 342 g/mol. The van der Waals surface area contributed by atoms with Gasteiger partial charge in [-0.15, -0.1) is 0 Å². The monoisotopic (exact) mass is 342 g/mol. The number of amides is 1. The van der Waals surface area contributed by atoms with E-state index in [9.17, 15) is 14.0 Å². The SMILES string of the molecule is O=C(c1cc(=O)[nH]c2cc(F)ccc12)N1CCC[C@H]1c1ccsc1. The third-order valence-corrected chi connectivity index (χ3v) is 5.18. The molecule has 3 heterocycles. The summed E-state index contributed by atoms with van der Waals surface area (Å²) in [6.07, 6.45) is 1.85. The van der Waals surface area contributed by atoms with Crippen LogP contribution in [-0.2, 0) is 0 Å². The molecule has 6 heteroatoms. The van der Waals surface area contributed by atoms with Crippen LogP contribution < -0.4 is 5.56 Å². The maximum Gasteiger partial charge on any atom is 0.255 e. The Balaban J connectivity index is 1.79. The summed E-state index contributed by atoms with van der Waals surface area (Å²) in [5.74, 6) is -0.619. The number of aromatic amines is 1. The highest BCUT2D eigenvalue weighted by Crippen LogP contribution is 2.34. The number of benzene rings is 1. The first-order valence-corrected chi connectivity index (χ1v) is 8.73. The summed E-state index contributed by atoms with van der Waals surface area (Å²) >= 11 is 1.61. The Bertz CT molecular complexity index is 965. The van der Waals surface area contributed by atoms with Gasteiger partial charge in [0.05, 0.1) is 17.1 Å². The van der Waals surface area contributed by atoms with Gasteiger partial charge in [0.2, 0.25) is 5.56 Å². The Morgan fingerprint density at radius 2 is 2.17 bits per heavy atom. The number of rotatable bonds is 2. The number of carbonyl (C=O) groups is 1. The average Bonchev–Trinajstić information content (AvgIpc) is 3.23. The van der Waals surface area contributed by atoms with Gasteiger partial charge in [-0.25, -0.2) is 4.39 Å². The van der Waals surface area contributed by atoms with Crippen molar-refractivity contribution in [2.24, 2.45) is 0 Å². The lowest BCUT2D eigenvalue weighted by molar-refractivity contribution is 0.0737. The summed E-state index contributed by atoms with van der Waals surface area (Å²) in [7, 11) is 0. The first-order chi connectivity index (χ1) is 11.6. The quantitative estimate of drug-likeness (QED) is 0.772. The fourth-order valence-corrected chi connectivity index (χ4v) is 4.09. The van der Waals surface area contributed by atoms with E-state index in [2.05, 4.69) is 10.4 Å². The van der Waals surface area contributed by atoms with Crippen molar-refractivity contribution in [3.8, 4) is 0 Å². The number of halogens is 1. The first-order valence-electron chi connectivity index (χ1n) is 7.79. The van der Waals surface area contributed by atoms with Crippen LogP contribution in [-0.4, -0.2) is 22.3 Å². The summed E-state index contributed by atoms with van der Waals surface area (Å²) in [6, 6.07) is 7.48. The van der Waals surface area contributed by atoms with E-state index in [0.717, 1.165) is 18.4 Å². The fraction of sp³-hybridized carbons (Fsp3) is 0.222. The lowest BCUT2D eigenvalue weighted by atomic mass is 10.1. The van der Waals surface area contributed by atoms with Crippen molar-refractivity contribution in [2.75, 3.05) is 6.54 Å². The standard InChI is InChI=1S/C18H15FN2O2S/c19-12-3-4-13-14(9-17(22)20-15(13)8-12)18(23)21-6-1-2-16(21)11-5-7-24-10-11/h3-5,7-10,16H,1-2,6H2,(H,20,22)/t16-/m0/s1. The van der Waals surface area contributed by atoms with Crippen molar-refractivity contribution >= 4 is 28.1 Å². The minimum Gasteiger partial charge on any atom is -0.332 e. The van der Waals surface area contributed by atoms with E-state index in [1.54, 1.807) is 17.4 Å². The second-order valence-electron chi connectivity index (χ2n) is 5.95. The van der Waals surface area contributed by atoms with Crippen molar-refractivity contribution in [2.45, 2.75) is 18.9 Å². The number of thiophene rings is 1. The summed E-state index contributed by atoms with van der Waals surface area (Å²) in [5.41, 5.74) is 1.40. The van der Waals surface area contributed by atoms with Crippen LogP contribution >= 0.6 is 11.3 Å². The molecule has 1 fully saturated rings. The topological polar surface area (TPSA) is 53.2 Å². The molecule has 0 unspecified atom stereocenters. The Morgan fingerprint density at radius 1 is 1.29 bits per heavy atom. The van der Waals surface area contributed by atoms with E-state index in [1.165, 1.54) is 18.2 Å². The maximum atomic E-state index is 13.4. The molecular weight excluding hydrogens is 327 g/mol. The fourth-order valence-electron chi connectivity index (χ4n) is 3.39. The predicted molar refractivity (Wildman–Crippen MR) is 91.9 cm³/mol. The molecule has 1 aliphatic heterocycles. The van der Waals surface area contributed by atoms with Gasteiger partial charge in [0.1, 0.15) is 5.82 Å². The van der Waals surface area contributed by atoms with Crippen molar-refractivity contribution < 1.29 is 9.18 Å². The van der Waals surface area contributed by atoms with E-state index in [-0.39, 0.29) is 11.9 Å². The van der Waals surface area contributed by atoms with Crippen molar-refractivity contribution in [1.82, 2.24) is 9.88 Å². The molecule has 0 spiro atoms. The van der Waals surface area contributed by atoms with E-state index < -0.39 is 11.4 Å². The summed E-state index contributed by atoms with van der Waals surface area (Å²) < 4.78 is 13.4. The first kappa shape index (κ1) is 15.1. The molecule has 0 radical (unpaired) electrons. The third-order valence-electron chi connectivity index (χ3n) is 4.48. The third kappa shape index (κ3) is 2.53. The summed E-state index contributed by atoms with van der Waals surface area (Å²) in [4.78, 5) is 29.4. The van der Waals surface area contributed by atoms with Gasteiger partial charge in [-0.1, -0.05) is 0 Å². The normalized spacial score (nSPS) is 17.5. The van der Waals surface area contributed by atoms with Crippen LogP contribution in [0.5, 0.6) is 0 Å². The number of hydrogen-bond acceptors (Lipinski definition) is 3. The second kappa shape index (κ2) is 5.87. The summed E-state index contributed by atoms with van der Waals surface area (Å²) in [5, 5.41) is 4.63. The molecule has 122 valence electrons. The highest BCUT2D eigenvalue weighted by Gasteiger charge is 2.31. The van der Waals surface area contributed by atoms with E-state index in [1.807, 2.05) is 16.3 Å². The smallest absolute Gasteiger partial charge is 0.255 e. The Morgan fingerprint density at radius 3 is 2.96 bits per heavy atom.